The van der Waals surface area contributed by atoms with Crippen molar-refractivity contribution < 1.29 is 14.3 Å². The van der Waals surface area contributed by atoms with Gasteiger partial charge >= 0.3 is 5.97 Å². The quantitative estimate of drug-likeness (QED) is 0.869. The van der Waals surface area contributed by atoms with Gasteiger partial charge in [-0.05, 0) is 32.0 Å². The molecule has 0 amide bonds. The minimum atomic E-state index is -0.617. The number of ether oxygens (including phenoxy) is 2. The molecule has 2 aromatic rings. The molecule has 0 aliphatic heterocycles. The number of hydrogen-bond acceptors (Lipinski definition) is 6. The Morgan fingerprint density at radius 3 is 2.71 bits per heavy atom. The fourth-order valence-electron chi connectivity index (χ4n) is 1.68. The van der Waals surface area contributed by atoms with Gasteiger partial charge in [-0.3, -0.25) is 0 Å². The maximum absolute atomic E-state index is 11.8. The molecule has 1 aromatic heterocycles. The molecule has 2 N–H and O–H groups in total. The molecule has 1 heterocycles. The summed E-state index contributed by atoms with van der Waals surface area (Å²) in [6.45, 7) is 3.48. The highest BCUT2D eigenvalue weighted by Gasteiger charge is 2.21. The molecular formula is C13H15ClN4O3. The molecule has 2 rings (SSSR count). The maximum Gasteiger partial charge on any atom is 0.363 e. The molecule has 0 aliphatic rings. The van der Waals surface area contributed by atoms with Gasteiger partial charge in [-0.1, -0.05) is 16.8 Å². The van der Waals surface area contributed by atoms with E-state index in [1.807, 2.05) is 0 Å². The molecule has 1 aromatic carbocycles. The van der Waals surface area contributed by atoms with E-state index in [4.69, 9.17) is 26.8 Å². The zero-order valence-corrected chi connectivity index (χ0v) is 12.6. The van der Waals surface area contributed by atoms with Crippen molar-refractivity contribution in [3.05, 3.63) is 28.9 Å². The van der Waals surface area contributed by atoms with Crippen LogP contribution in [0.5, 0.6) is 5.75 Å². The summed E-state index contributed by atoms with van der Waals surface area (Å²) in [5.41, 5.74) is 6.43. The lowest BCUT2D eigenvalue weighted by Gasteiger charge is -2.08. The molecule has 0 bridgehead atoms. The van der Waals surface area contributed by atoms with Crippen molar-refractivity contribution in [2.45, 2.75) is 20.0 Å². The van der Waals surface area contributed by atoms with Crippen LogP contribution in [-0.2, 0) is 4.74 Å². The van der Waals surface area contributed by atoms with Crippen LogP contribution in [0.4, 0.5) is 5.82 Å². The van der Waals surface area contributed by atoms with Crippen LogP contribution in [0.15, 0.2) is 18.2 Å². The number of aromatic nitrogens is 3. The molecule has 21 heavy (non-hydrogen) atoms. The molecule has 8 heteroatoms. The number of esters is 1. The lowest BCUT2D eigenvalue weighted by molar-refractivity contribution is 0.0372. The number of nitrogen functional groups attached to an aromatic ring is 1. The minimum Gasteiger partial charge on any atom is -0.495 e. The van der Waals surface area contributed by atoms with Crippen LogP contribution in [0.1, 0.15) is 24.3 Å². The fourth-order valence-corrected chi connectivity index (χ4v) is 1.93. The van der Waals surface area contributed by atoms with Crippen molar-refractivity contribution in [2.75, 3.05) is 12.8 Å². The van der Waals surface area contributed by atoms with E-state index >= 15 is 0 Å². The molecule has 0 unspecified atom stereocenters. The van der Waals surface area contributed by atoms with Gasteiger partial charge in [-0.2, -0.15) is 4.68 Å². The summed E-state index contributed by atoms with van der Waals surface area (Å²) in [7, 11) is 1.52. The van der Waals surface area contributed by atoms with Gasteiger partial charge in [0.15, 0.2) is 5.82 Å². The number of rotatable bonds is 4. The summed E-state index contributed by atoms with van der Waals surface area (Å²) < 4.78 is 11.4. The highest BCUT2D eigenvalue weighted by Crippen LogP contribution is 2.27. The molecule has 0 spiro atoms. The number of carbonyl (C=O) groups excluding carboxylic acids is 1. The highest BCUT2D eigenvalue weighted by atomic mass is 35.5. The molecule has 0 saturated carbocycles. The van der Waals surface area contributed by atoms with Crippen LogP contribution in [0.25, 0.3) is 5.69 Å². The third-order valence-electron chi connectivity index (χ3n) is 2.62. The Morgan fingerprint density at radius 1 is 1.43 bits per heavy atom. The molecule has 0 saturated heterocycles. The number of nitrogens with two attached hydrogens (primary N) is 1. The Morgan fingerprint density at radius 2 is 2.14 bits per heavy atom. The highest BCUT2D eigenvalue weighted by molar-refractivity contribution is 6.32. The summed E-state index contributed by atoms with van der Waals surface area (Å²) in [4.78, 5) is 11.8. The van der Waals surface area contributed by atoms with Gasteiger partial charge < -0.3 is 15.2 Å². The van der Waals surface area contributed by atoms with Gasteiger partial charge in [-0.15, -0.1) is 5.10 Å². The molecular weight excluding hydrogens is 296 g/mol. The topological polar surface area (TPSA) is 92.3 Å². The van der Waals surface area contributed by atoms with E-state index in [0.29, 0.717) is 16.5 Å². The number of anilines is 1. The van der Waals surface area contributed by atoms with E-state index in [-0.39, 0.29) is 17.6 Å². The fraction of sp³-hybridized carbons (Fsp3) is 0.308. The van der Waals surface area contributed by atoms with Crippen LogP contribution < -0.4 is 10.5 Å². The molecule has 0 radical (unpaired) electrons. The number of methoxy groups -OCH3 is 1. The maximum atomic E-state index is 11.8. The van der Waals surface area contributed by atoms with Crippen LogP contribution in [0.2, 0.25) is 5.02 Å². The van der Waals surface area contributed by atoms with Crippen molar-refractivity contribution in [3.63, 3.8) is 0 Å². The first-order chi connectivity index (χ1) is 9.93. The smallest absolute Gasteiger partial charge is 0.363 e. The van der Waals surface area contributed by atoms with Crippen LogP contribution in [0.3, 0.4) is 0 Å². The monoisotopic (exact) mass is 310 g/mol. The Labute approximate surface area is 126 Å². The third-order valence-corrected chi connectivity index (χ3v) is 2.92. The van der Waals surface area contributed by atoms with Gasteiger partial charge in [0.25, 0.3) is 0 Å². The van der Waals surface area contributed by atoms with Gasteiger partial charge in [-0.25, -0.2) is 4.79 Å². The summed E-state index contributed by atoms with van der Waals surface area (Å²) in [6, 6.07) is 4.99. The van der Waals surface area contributed by atoms with Crippen molar-refractivity contribution in [2.24, 2.45) is 0 Å². The predicted molar refractivity (Wildman–Crippen MR) is 77.9 cm³/mol. The zero-order valence-electron chi connectivity index (χ0n) is 11.8. The van der Waals surface area contributed by atoms with Gasteiger partial charge in [0.1, 0.15) is 5.75 Å². The average molecular weight is 311 g/mol. The number of carbonyl (C=O) groups is 1. The van der Waals surface area contributed by atoms with Crippen LogP contribution in [0, 0.1) is 0 Å². The van der Waals surface area contributed by atoms with Gasteiger partial charge in [0.2, 0.25) is 5.69 Å². The number of hydrogen-bond donors (Lipinski definition) is 1. The summed E-state index contributed by atoms with van der Waals surface area (Å²) in [5, 5.41) is 8.01. The van der Waals surface area contributed by atoms with E-state index in [0.717, 1.165) is 0 Å². The van der Waals surface area contributed by atoms with E-state index in [1.165, 1.54) is 11.8 Å². The second kappa shape index (κ2) is 6.01. The minimum absolute atomic E-state index is 0.0318. The predicted octanol–water partition coefficient (Wildman–Crippen LogP) is 2.08. The first-order valence-electron chi connectivity index (χ1n) is 6.20. The molecule has 0 atom stereocenters. The lowest BCUT2D eigenvalue weighted by atomic mass is 10.3. The van der Waals surface area contributed by atoms with Gasteiger partial charge in [0, 0.05) is 0 Å². The number of halogens is 1. The Balaban J connectivity index is 2.36. The summed E-state index contributed by atoms with van der Waals surface area (Å²) in [6.07, 6.45) is -0.266. The molecule has 0 fully saturated rings. The van der Waals surface area contributed by atoms with Crippen molar-refractivity contribution in [1.82, 2.24) is 15.0 Å². The van der Waals surface area contributed by atoms with E-state index in [1.54, 1.807) is 32.0 Å². The van der Waals surface area contributed by atoms with Crippen LogP contribution >= 0.6 is 11.6 Å². The number of benzene rings is 1. The van der Waals surface area contributed by atoms with E-state index < -0.39 is 5.97 Å². The first-order valence-corrected chi connectivity index (χ1v) is 6.58. The van der Waals surface area contributed by atoms with Crippen molar-refractivity contribution in [1.29, 1.82) is 0 Å². The molecule has 7 nitrogen and oxygen atoms in total. The Hall–Kier alpha value is -2.28. The average Bonchev–Trinajstić information content (AvgIpc) is 2.79. The zero-order chi connectivity index (χ0) is 15.6. The SMILES string of the molecule is COc1ccc(-n2nnc(C(=O)OC(C)C)c2N)cc1Cl. The molecule has 112 valence electrons. The number of nitrogens with zero attached hydrogens (tertiary/aromatic N) is 3. The Bertz CT molecular complexity index is 669. The second-order valence-electron chi connectivity index (χ2n) is 4.51. The van der Waals surface area contributed by atoms with E-state index in [2.05, 4.69) is 10.3 Å². The summed E-state index contributed by atoms with van der Waals surface area (Å²) in [5.74, 6) is -0.00575. The third kappa shape index (κ3) is 3.08. The standard InChI is InChI=1S/C13H15ClN4O3/c1-7(2)21-13(19)11-12(15)18(17-16-11)8-4-5-10(20-3)9(14)6-8/h4-7H,15H2,1-3H3. The van der Waals surface area contributed by atoms with Crippen LogP contribution in [-0.4, -0.2) is 34.2 Å². The summed E-state index contributed by atoms with van der Waals surface area (Å²) >= 11 is 6.05. The normalized spacial score (nSPS) is 10.7. The first kappa shape index (κ1) is 15.1. The van der Waals surface area contributed by atoms with Gasteiger partial charge in [0.05, 0.1) is 23.9 Å². The van der Waals surface area contributed by atoms with Crippen molar-refractivity contribution >= 4 is 23.4 Å². The second-order valence-corrected chi connectivity index (χ2v) is 4.92. The Kier molecular flexibility index (Phi) is 4.32. The van der Waals surface area contributed by atoms with Crippen molar-refractivity contribution in [3.8, 4) is 11.4 Å². The van der Waals surface area contributed by atoms with E-state index in [9.17, 15) is 4.79 Å². The lowest BCUT2D eigenvalue weighted by Crippen LogP contribution is -2.14. The molecule has 0 aliphatic carbocycles. The largest absolute Gasteiger partial charge is 0.495 e.